The van der Waals surface area contributed by atoms with Gasteiger partial charge in [-0.2, -0.15) is 5.10 Å². The molecule has 23 heavy (non-hydrogen) atoms. The van der Waals surface area contributed by atoms with Gasteiger partial charge in [0, 0.05) is 18.5 Å². The van der Waals surface area contributed by atoms with E-state index in [2.05, 4.69) is 15.8 Å². The van der Waals surface area contributed by atoms with E-state index < -0.39 is 0 Å². The molecule has 3 N–H and O–H groups in total. The summed E-state index contributed by atoms with van der Waals surface area (Å²) >= 11 is 5.18. The molecule has 7 heteroatoms. The number of hydrogen-bond acceptors (Lipinski definition) is 3. The van der Waals surface area contributed by atoms with E-state index in [1.54, 1.807) is 30.0 Å². The quantitative estimate of drug-likeness (QED) is 0.302. The van der Waals surface area contributed by atoms with Gasteiger partial charge < -0.3 is 15.0 Å². The van der Waals surface area contributed by atoms with E-state index in [1.807, 2.05) is 0 Å². The van der Waals surface area contributed by atoms with Crippen molar-refractivity contribution in [2.45, 2.75) is 13.3 Å². The van der Waals surface area contributed by atoms with E-state index in [0.29, 0.717) is 16.4 Å². The number of hydrazone groups is 1. The molecule has 126 valence electrons. The van der Waals surface area contributed by atoms with Gasteiger partial charge in [0.05, 0.1) is 25.5 Å². The highest BCUT2D eigenvalue weighted by atomic mass is 32.1. The third-order valence-corrected chi connectivity index (χ3v) is 4.02. The van der Waals surface area contributed by atoms with Crippen molar-refractivity contribution in [3.63, 3.8) is 0 Å². The Hall–Kier alpha value is -1.57. The topological polar surface area (TPSA) is 50.1 Å². The summed E-state index contributed by atoms with van der Waals surface area (Å²) in [6.07, 6.45) is 1.03. The second kappa shape index (κ2) is 9.54. The number of quaternary nitrogens is 1. The lowest BCUT2D eigenvalue weighted by atomic mass is 10.1. The molecule has 1 fully saturated rings. The number of benzene rings is 1. The molecular weight excluding hydrogens is 315 g/mol. The van der Waals surface area contributed by atoms with Gasteiger partial charge in [-0.1, -0.05) is 18.2 Å². The fraction of sp³-hybridized carbons (Fsp3) is 0.500. The fourth-order valence-electron chi connectivity index (χ4n) is 2.44. The molecule has 1 aliphatic heterocycles. The van der Waals surface area contributed by atoms with Crippen molar-refractivity contribution in [2.24, 2.45) is 5.10 Å². The van der Waals surface area contributed by atoms with Gasteiger partial charge in [0.1, 0.15) is 18.9 Å². The first-order valence-corrected chi connectivity index (χ1v) is 8.32. The molecule has 0 amide bonds. The van der Waals surface area contributed by atoms with Crippen LogP contribution in [0.4, 0.5) is 4.39 Å². The molecule has 0 saturated carbocycles. The largest absolute Gasteiger partial charge is 0.370 e. The van der Waals surface area contributed by atoms with Crippen LogP contribution in [-0.2, 0) is 4.74 Å². The highest BCUT2D eigenvalue weighted by Gasteiger charge is 2.12. The Morgan fingerprint density at radius 1 is 1.35 bits per heavy atom. The first-order valence-electron chi connectivity index (χ1n) is 7.91. The number of rotatable bonds is 6. The van der Waals surface area contributed by atoms with Gasteiger partial charge in [0.25, 0.3) is 0 Å². The fourth-order valence-corrected chi connectivity index (χ4v) is 2.59. The summed E-state index contributed by atoms with van der Waals surface area (Å²) < 4.78 is 19.0. The van der Waals surface area contributed by atoms with E-state index in [1.165, 1.54) is 6.07 Å². The molecule has 0 bridgehead atoms. The Kier molecular flexibility index (Phi) is 7.38. The van der Waals surface area contributed by atoms with Gasteiger partial charge >= 0.3 is 0 Å². The molecule has 0 aromatic heterocycles. The molecule has 0 radical (unpaired) electrons. The van der Waals surface area contributed by atoms with Crippen molar-refractivity contribution in [1.29, 1.82) is 0 Å². The molecular formula is C16H24FN4OS+. The van der Waals surface area contributed by atoms with Crippen LogP contribution in [0.3, 0.4) is 0 Å². The van der Waals surface area contributed by atoms with Crippen LogP contribution in [0.15, 0.2) is 29.4 Å². The monoisotopic (exact) mass is 339 g/mol. The van der Waals surface area contributed by atoms with E-state index >= 15 is 0 Å². The molecule has 1 heterocycles. The minimum atomic E-state index is -0.289. The van der Waals surface area contributed by atoms with Crippen LogP contribution >= 0.6 is 12.2 Å². The Labute approximate surface area is 141 Å². The van der Waals surface area contributed by atoms with Crippen LogP contribution in [0.1, 0.15) is 18.9 Å². The molecule has 0 aliphatic carbocycles. The SMILES string of the molecule is C/C(=N/NC(=S)NCCC[NH+]1CCOCC1)c1ccccc1F. The number of thiocarbonyl (C=S) groups is 1. The maximum Gasteiger partial charge on any atom is 0.186 e. The summed E-state index contributed by atoms with van der Waals surface area (Å²) in [7, 11) is 0. The van der Waals surface area contributed by atoms with Crippen molar-refractivity contribution < 1.29 is 14.0 Å². The molecule has 2 rings (SSSR count). The predicted molar refractivity (Wildman–Crippen MR) is 93.3 cm³/mol. The minimum absolute atomic E-state index is 0.289. The van der Waals surface area contributed by atoms with Crippen LogP contribution in [0.25, 0.3) is 0 Å². The van der Waals surface area contributed by atoms with E-state index in [-0.39, 0.29) is 5.82 Å². The van der Waals surface area contributed by atoms with Gasteiger partial charge in [-0.05, 0) is 25.2 Å². The minimum Gasteiger partial charge on any atom is -0.370 e. The zero-order valence-electron chi connectivity index (χ0n) is 13.4. The summed E-state index contributed by atoms with van der Waals surface area (Å²) in [6.45, 7) is 7.51. The first-order chi connectivity index (χ1) is 11.2. The summed E-state index contributed by atoms with van der Waals surface area (Å²) in [4.78, 5) is 1.57. The van der Waals surface area contributed by atoms with E-state index in [0.717, 1.165) is 45.8 Å². The number of ether oxygens (including phenoxy) is 1. The third kappa shape index (κ3) is 6.21. The molecule has 0 unspecified atom stereocenters. The molecule has 0 atom stereocenters. The second-order valence-corrected chi connectivity index (χ2v) is 5.92. The van der Waals surface area contributed by atoms with Crippen molar-refractivity contribution in [2.75, 3.05) is 39.4 Å². The molecule has 1 aromatic carbocycles. The number of nitrogens with zero attached hydrogens (tertiary/aromatic N) is 1. The molecule has 1 aromatic rings. The van der Waals surface area contributed by atoms with E-state index in [9.17, 15) is 4.39 Å². The average molecular weight is 339 g/mol. The number of hydrogen-bond donors (Lipinski definition) is 3. The van der Waals surface area contributed by atoms with Crippen LogP contribution < -0.4 is 15.6 Å². The van der Waals surface area contributed by atoms with Gasteiger partial charge in [-0.3, -0.25) is 5.43 Å². The first kappa shape index (κ1) is 17.8. The van der Waals surface area contributed by atoms with Gasteiger partial charge in [-0.15, -0.1) is 0 Å². The number of halogens is 1. The van der Waals surface area contributed by atoms with Crippen LogP contribution in [0.2, 0.25) is 0 Å². The smallest absolute Gasteiger partial charge is 0.186 e. The van der Waals surface area contributed by atoms with Gasteiger partial charge in [0.2, 0.25) is 0 Å². The zero-order chi connectivity index (χ0) is 16.5. The highest BCUT2D eigenvalue weighted by molar-refractivity contribution is 7.80. The van der Waals surface area contributed by atoms with Gasteiger partial charge in [0.15, 0.2) is 5.11 Å². The average Bonchev–Trinajstić information content (AvgIpc) is 2.58. The van der Waals surface area contributed by atoms with Crippen molar-refractivity contribution in [1.82, 2.24) is 10.7 Å². The Morgan fingerprint density at radius 2 is 2.09 bits per heavy atom. The number of nitrogens with one attached hydrogen (secondary N) is 3. The standard InChI is InChI=1S/C16H23FN4OS/c1-13(14-5-2-3-6-15(14)17)19-20-16(23)18-7-4-8-21-9-11-22-12-10-21/h2-3,5-6H,4,7-12H2,1H3,(H2,18,20,23)/p+1/b19-13-. The van der Waals surface area contributed by atoms with Gasteiger partial charge in [-0.25, -0.2) is 4.39 Å². The lowest BCUT2D eigenvalue weighted by Gasteiger charge is -2.23. The number of morpholine rings is 1. The molecule has 1 saturated heterocycles. The Bertz CT molecular complexity index is 547. The second-order valence-electron chi connectivity index (χ2n) is 5.51. The molecule has 1 aliphatic rings. The molecule has 5 nitrogen and oxygen atoms in total. The lowest BCUT2D eigenvalue weighted by molar-refractivity contribution is -0.908. The predicted octanol–water partition coefficient (Wildman–Crippen LogP) is 0.319. The van der Waals surface area contributed by atoms with Crippen LogP contribution in [0.5, 0.6) is 0 Å². The summed E-state index contributed by atoms with van der Waals surface area (Å²) in [5, 5.41) is 7.70. The lowest BCUT2D eigenvalue weighted by Crippen LogP contribution is -3.14. The maximum atomic E-state index is 13.6. The normalized spacial score (nSPS) is 16.2. The Morgan fingerprint density at radius 3 is 2.83 bits per heavy atom. The summed E-state index contributed by atoms with van der Waals surface area (Å²) in [5.74, 6) is -0.289. The van der Waals surface area contributed by atoms with Crippen molar-refractivity contribution in [3.05, 3.63) is 35.6 Å². The van der Waals surface area contributed by atoms with Crippen molar-refractivity contribution in [3.8, 4) is 0 Å². The van der Waals surface area contributed by atoms with Crippen molar-refractivity contribution >= 4 is 23.0 Å². The summed E-state index contributed by atoms with van der Waals surface area (Å²) in [6, 6.07) is 6.54. The zero-order valence-corrected chi connectivity index (χ0v) is 14.2. The maximum absolute atomic E-state index is 13.6. The van der Waals surface area contributed by atoms with Crippen LogP contribution in [-0.4, -0.2) is 50.2 Å². The summed E-state index contributed by atoms with van der Waals surface area (Å²) in [5.41, 5.74) is 3.79. The van der Waals surface area contributed by atoms with E-state index in [4.69, 9.17) is 17.0 Å². The third-order valence-electron chi connectivity index (χ3n) is 3.78. The Balaban J connectivity index is 1.66. The highest BCUT2D eigenvalue weighted by Crippen LogP contribution is 2.07. The molecule has 0 spiro atoms. The van der Waals surface area contributed by atoms with Crippen LogP contribution in [0, 0.1) is 5.82 Å².